The van der Waals surface area contributed by atoms with Crippen LogP contribution in [0, 0.1) is 0 Å². The highest BCUT2D eigenvalue weighted by Gasteiger charge is 2.49. The maximum atomic E-state index is 13.7. The molecule has 1 aliphatic rings. The van der Waals surface area contributed by atoms with Gasteiger partial charge in [0.2, 0.25) is 5.91 Å². The quantitative estimate of drug-likeness (QED) is 0.331. The van der Waals surface area contributed by atoms with E-state index in [4.69, 9.17) is 4.74 Å². The summed E-state index contributed by atoms with van der Waals surface area (Å²) in [4.78, 5) is 40.3. The zero-order valence-corrected chi connectivity index (χ0v) is 20.8. The zero-order valence-electron chi connectivity index (χ0n) is 20.8. The van der Waals surface area contributed by atoms with Crippen molar-refractivity contribution < 1.29 is 19.1 Å². The van der Waals surface area contributed by atoms with Gasteiger partial charge in [-0.05, 0) is 54.7 Å². The Labute approximate surface area is 212 Å². The Morgan fingerprint density at radius 2 is 1.61 bits per heavy atom. The Kier molecular flexibility index (Phi) is 7.84. The Hall–Kier alpha value is -3.93. The molecular weight excluding hydrogens is 452 g/mol. The van der Waals surface area contributed by atoms with Crippen molar-refractivity contribution in [1.29, 1.82) is 0 Å². The lowest BCUT2D eigenvalue weighted by atomic mass is 9.79. The normalized spacial score (nSPS) is 19.4. The van der Waals surface area contributed by atoms with Gasteiger partial charge < -0.3 is 15.0 Å². The van der Waals surface area contributed by atoms with Gasteiger partial charge >= 0.3 is 5.97 Å². The van der Waals surface area contributed by atoms with Gasteiger partial charge in [0.05, 0.1) is 6.42 Å². The van der Waals surface area contributed by atoms with Crippen molar-refractivity contribution in [2.45, 2.75) is 51.2 Å². The number of esters is 1. The molecule has 0 saturated carbocycles. The molecule has 0 spiro atoms. The highest BCUT2D eigenvalue weighted by atomic mass is 16.6. The van der Waals surface area contributed by atoms with E-state index in [0.29, 0.717) is 19.4 Å². The summed E-state index contributed by atoms with van der Waals surface area (Å²) in [7, 11) is 0. The Bertz CT molecular complexity index is 1170. The fourth-order valence-corrected chi connectivity index (χ4v) is 4.85. The summed E-state index contributed by atoms with van der Waals surface area (Å²) < 4.78 is 6.23. The molecule has 2 atom stereocenters. The van der Waals surface area contributed by atoms with Gasteiger partial charge in [0.1, 0.15) is 5.60 Å². The molecule has 186 valence electrons. The molecule has 2 unspecified atom stereocenters. The second-order valence-electron chi connectivity index (χ2n) is 9.23. The van der Waals surface area contributed by atoms with Gasteiger partial charge in [0.25, 0.3) is 0 Å². The molecule has 0 aliphatic carbocycles. The van der Waals surface area contributed by atoms with E-state index in [0.717, 1.165) is 28.9 Å². The third-order valence-electron chi connectivity index (χ3n) is 6.54. The minimum Gasteiger partial charge on any atom is -0.452 e. The number of Topliss-reactive ketones (excluding diaryl/α,β-unsaturated/α-hetero) is 1. The number of benzene rings is 3. The largest absolute Gasteiger partial charge is 0.452 e. The number of ether oxygens (including phenoxy) is 1. The Morgan fingerprint density at radius 3 is 2.19 bits per heavy atom. The molecule has 3 aromatic carbocycles. The lowest BCUT2D eigenvalue weighted by Gasteiger charge is -2.42. The minimum atomic E-state index is -1.03. The average molecular weight is 485 g/mol. The molecule has 0 radical (unpaired) electrons. The van der Waals surface area contributed by atoms with E-state index in [1.165, 1.54) is 6.92 Å². The fraction of sp³-hybridized carbons (Fsp3) is 0.300. The summed E-state index contributed by atoms with van der Waals surface area (Å²) in [5, 5.41) is 2.76. The lowest BCUT2D eigenvalue weighted by Crippen LogP contribution is -2.56. The molecule has 1 amide bonds. The van der Waals surface area contributed by atoms with Crippen molar-refractivity contribution in [3.05, 3.63) is 96.1 Å². The van der Waals surface area contributed by atoms with Crippen LogP contribution in [0.5, 0.6) is 0 Å². The van der Waals surface area contributed by atoms with E-state index in [-0.39, 0.29) is 18.1 Å². The van der Waals surface area contributed by atoms with Crippen LogP contribution in [-0.2, 0) is 31.1 Å². The predicted octanol–water partition coefficient (Wildman–Crippen LogP) is 5.27. The van der Waals surface area contributed by atoms with Gasteiger partial charge in [0.15, 0.2) is 11.8 Å². The zero-order chi connectivity index (χ0) is 25.5. The molecule has 36 heavy (non-hydrogen) atoms. The predicted molar refractivity (Wildman–Crippen MR) is 141 cm³/mol. The van der Waals surface area contributed by atoms with E-state index in [1.54, 1.807) is 0 Å². The van der Waals surface area contributed by atoms with Crippen LogP contribution >= 0.6 is 0 Å². The maximum Gasteiger partial charge on any atom is 0.337 e. The van der Waals surface area contributed by atoms with Crippen molar-refractivity contribution in [3.8, 4) is 0 Å². The molecule has 0 aromatic heterocycles. The van der Waals surface area contributed by atoms with Crippen molar-refractivity contribution in [2.24, 2.45) is 0 Å². The van der Waals surface area contributed by atoms with E-state index >= 15 is 0 Å². The summed E-state index contributed by atoms with van der Waals surface area (Å²) in [6.07, 6.45) is 1.99. The highest BCUT2D eigenvalue weighted by molar-refractivity contribution is 6.08. The van der Waals surface area contributed by atoms with E-state index in [2.05, 4.69) is 5.32 Å². The van der Waals surface area contributed by atoms with Gasteiger partial charge in [-0.3, -0.25) is 9.59 Å². The second kappa shape index (κ2) is 11.2. The lowest BCUT2D eigenvalue weighted by molar-refractivity contribution is -0.175. The third-order valence-corrected chi connectivity index (χ3v) is 6.54. The van der Waals surface area contributed by atoms with E-state index < -0.39 is 17.6 Å². The molecule has 1 N–H and O–H groups in total. The van der Waals surface area contributed by atoms with Gasteiger partial charge in [0, 0.05) is 24.8 Å². The van der Waals surface area contributed by atoms with Crippen LogP contribution in [0.4, 0.5) is 11.4 Å². The average Bonchev–Trinajstić information content (AvgIpc) is 2.88. The van der Waals surface area contributed by atoms with E-state index in [9.17, 15) is 14.4 Å². The number of nitrogens with one attached hydrogen (secondary N) is 1. The molecule has 6 nitrogen and oxygen atoms in total. The van der Waals surface area contributed by atoms with Crippen LogP contribution in [-0.4, -0.2) is 30.2 Å². The van der Waals surface area contributed by atoms with Gasteiger partial charge in [-0.25, -0.2) is 4.79 Å². The summed E-state index contributed by atoms with van der Waals surface area (Å²) in [5.41, 5.74) is 2.38. The Morgan fingerprint density at radius 1 is 0.972 bits per heavy atom. The summed E-state index contributed by atoms with van der Waals surface area (Å²) in [6.45, 7) is 4.08. The highest BCUT2D eigenvalue weighted by Crippen LogP contribution is 2.40. The SMILES string of the molecule is CCCN(c1ccccc1)C1C(=O)CC(CCc2ccc(NC(C)=O)cc2)(c2ccccc2)OC1=O. The number of cyclic esters (lactones) is 1. The van der Waals surface area contributed by atoms with Gasteiger partial charge in [-0.1, -0.05) is 67.6 Å². The first-order chi connectivity index (χ1) is 17.4. The van der Waals surface area contributed by atoms with Crippen molar-refractivity contribution in [3.63, 3.8) is 0 Å². The van der Waals surface area contributed by atoms with Crippen LogP contribution in [0.15, 0.2) is 84.9 Å². The molecule has 6 heteroatoms. The second-order valence-corrected chi connectivity index (χ2v) is 9.23. The molecule has 0 bridgehead atoms. The molecule has 1 saturated heterocycles. The number of carbonyl (C=O) groups excluding carboxylic acids is 3. The first kappa shape index (κ1) is 25.2. The molecule has 3 aromatic rings. The fourth-order valence-electron chi connectivity index (χ4n) is 4.85. The van der Waals surface area contributed by atoms with Crippen molar-refractivity contribution in [1.82, 2.24) is 0 Å². The van der Waals surface area contributed by atoms with Crippen LogP contribution in [0.3, 0.4) is 0 Å². The summed E-state index contributed by atoms with van der Waals surface area (Å²) >= 11 is 0. The molecule has 1 aliphatic heterocycles. The number of ketones is 1. The molecule has 1 fully saturated rings. The number of hydrogen-bond donors (Lipinski definition) is 1. The number of carbonyl (C=O) groups is 3. The van der Waals surface area contributed by atoms with Crippen LogP contribution in [0.1, 0.15) is 44.2 Å². The number of nitrogens with zero attached hydrogens (tertiary/aromatic N) is 1. The molecule has 1 heterocycles. The van der Waals surface area contributed by atoms with Crippen molar-refractivity contribution in [2.75, 3.05) is 16.8 Å². The third kappa shape index (κ3) is 5.65. The monoisotopic (exact) mass is 484 g/mol. The van der Waals surface area contributed by atoms with Crippen LogP contribution in [0.2, 0.25) is 0 Å². The standard InChI is InChI=1S/C30H32N2O4/c1-3-20-32(26-12-8-5-9-13-26)28-27(34)21-30(36-29(28)35,24-10-6-4-7-11-24)19-18-23-14-16-25(17-15-23)31-22(2)33/h4-17,28H,3,18-21H2,1-2H3,(H,31,33). The number of hydrogen-bond acceptors (Lipinski definition) is 5. The topological polar surface area (TPSA) is 75.7 Å². The summed E-state index contributed by atoms with van der Waals surface area (Å²) in [5.74, 6) is -0.762. The number of anilines is 2. The summed E-state index contributed by atoms with van der Waals surface area (Å²) in [6, 6.07) is 25.7. The first-order valence-corrected chi connectivity index (χ1v) is 12.4. The van der Waals surface area contributed by atoms with Gasteiger partial charge in [-0.2, -0.15) is 0 Å². The number of rotatable bonds is 9. The smallest absolute Gasteiger partial charge is 0.337 e. The number of aryl methyl sites for hydroxylation is 1. The van der Waals surface area contributed by atoms with Crippen LogP contribution < -0.4 is 10.2 Å². The van der Waals surface area contributed by atoms with Gasteiger partial charge in [-0.15, -0.1) is 0 Å². The number of amides is 1. The maximum absolute atomic E-state index is 13.7. The number of para-hydroxylation sites is 1. The Balaban J connectivity index is 1.59. The van der Waals surface area contributed by atoms with Crippen molar-refractivity contribution >= 4 is 29.0 Å². The molecule has 4 rings (SSSR count). The van der Waals surface area contributed by atoms with Crippen LogP contribution in [0.25, 0.3) is 0 Å². The first-order valence-electron chi connectivity index (χ1n) is 12.4. The molecular formula is C30H32N2O4. The minimum absolute atomic E-state index is 0.116. The van der Waals surface area contributed by atoms with E-state index in [1.807, 2.05) is 96.8 Å².